The first-order valence-electron chi connectivity index (χ1n) is 11.1. The van der Waals surface area contributed by atoms with Crippen LogP contribution in [0.2, 0.25) is 0 Å². The minimum atomic E-state index is -0.743. The summed E-state index contributed by atoms with van der Waals surface area (Å²) in [6.07, 6.45) is 10.1. The number of hydrogen-bond donors (Lipinski definition) is 1. The van der Waals surface area contributed by atoms with Gasteiger partial charge in [0, 0.05) is 12.3 Å². The molecule has 0 spiro atoms. The van der Waals surface area contributed by atoms with Gasteiger partial charge in [0.25, 0.3) is 0 Å². The van der Waals surface area contributed by atoms with E-state index in [1.54, 1.807) is 26.5 Å². The van der Waals surface area contributed by atoms with Gasteiger partial charge >= 0.3 is 5.97 Å². The van der Waals surface area contributed by atoms with Gasteiger partial charge in [0.15, 0.2) is 0 Å². The van der Waals surface area contributed by atoms with Crippen LogP contribution in [-0.2, 0) is 4.79 Å². The molecule has 0 bridgehead atoms. The Morgan fingerprint density at radius 2 is 1.84 bits per heavy atom. The molecular weight excluding hydrogens is 397 g/mol. The van der Waals surface area contributed by atoms with E-state index in [1.807, 2.05) is 18.2 Å². The highest BCUT2D eigenvalue weighted by molar-refractivity contribution is 5.68. The molecule has 6 heteroatoms. The fourth-order valence-corrected chi connectivity index (χ4v) is 4.39. The van der Waals surface area contributed by atoms with Crippen molar-refractivity contribution in [2.75, 3.05) is 14.2 Å². The molecule has 1 aromatic carbocycles. The van der Waals surface area contributed by atoms with Gasteiger partial charge in [0.05, 0.1) is 20.6 Å². The largest absolute Gasteiger partial charge is 0.497 e. The van der Waals surface area contributed by atoms with Crippen LogP contribution in [0.1, 0.15) is 74.3 Å². The van der Waals surface area contributed by atoms with E-state index in [4.69, 9.17) is 14.6 Å². The third-order valence-corrected chi connectivity index (χ3v) is 6.23. The number of methoxy groups -OCH3 is 2. The Hall–Kier alpha value is -2.63. The number of benzene rings is 1. The van der Waals surface area contributed by atoms with Crippen LogP contribution in [0.25, 0.3) is 0 Å². The molecule has 2 fully saturated rings. The molecule has 1 atom stereocenters. The van der Waals surface area contributed by atoms with Crippen LogP contribution in [0.5, 0.6) is 11.6 Å². The van der Waals surface area contributed by atoms with E-state index in [1.165, 1.54) is 25.3 Å². The summed E-state index contributed by atoms with van der Waals surface area (Å²) in [5.74, 6) is 1.51. The monoisotopic (exact) mass is 429 g/mol. The van der Waals surface area contributed by atoms with E-state index in [-0.39, 0.29) is 18.2 Å². The molecule has 0 radical (unpaired) electrons. The van der Waals surface area contributed by atoms with Crippen molar-refractivity contribution in [2.45, 2.75) is 63.2 Å². The highest BCUT2D eigenvalue weighted by Gasteiger charge is 2.33. The second kappa shape index (κ2) is 11.1. The van der Waals surface area contributed by atoms with E-state index >= 15 is 0 Å². The predicted molar refractivity (Wildman–Crippen MR) is 117 cm³/mol. The average molecular weight is 430 g/mol. The number of carboxylic acid groups (broad SMARTS) is 1. The third-order valence-electron chi connectivity index (χ3n) is 6.23. The van der Waals surface area contributed by atoms with Gasteiger partial charge in [-0.05, 0) is 78.8 Å². The molecule has 4 rings (SSSR count). The molecule has 1 heterocycles. The molecule has 2 saturated carbocycles. The van der Waals surface area contributed by atoms with Gasteiger partial charge in [-0.15, -0.1) is 0 Å². The molecule has 2 aliphatic rings. The summed E-state index contributed by atoms with van der Waals surface area (Å²) in [5, 5.41) is 8.90. The summed E-state index contributed by atoms with van der Waals surface area (Å²) in [6, 6.07) is 8.77. The first-order chi connectivity index (χ1) is 15.0. The first kappa shape index (κ1) is 23.0. The molecule has 0 saturated heterocycles. The fraction of sp³-hybridized carbons (Fsp3) is 0.520. The molecule has 168 valence electrons. The number of rotatable bonds is 7. The smallest absolute Gasteiger partial charge is 0.303 e. The SMILES string of the molecule is COc1cc(C(CC(=O)O)C2CC2)ccn1.COc1ccc(F)c(C2CCCCC2)c1. The van der Waals surface area contributed by atoms with Gasteiger partial charge in [-0.1, -0.05) is 19.3 Å². The van der Waals surface area contributed by atoms with Gasteiger partial charge in [-0.3, -0.25) is 4.79 Å². The van der Waals surface area contributed by atoms with Crippen molar-refractivity contribution in [3.05, 3.63) is 53.5 Å². The van der Waals surface area contributed by atoms with Gasteiger partial charge in [0.1, 0.15) is 11.6 Å². The van der Waals surface area contributed by atoms with Crippen LogP contribution in [0.15, 0.2) is 36.5 Å². The lowest BCUT2D eigenvalue weighted by molar-refractivity contribution is -0.137. The summed E-state index contributed by atoms with van der Waals surface area (Å²) < 4.78 is 23.8. The summed E-state index contributed by atoms with van der Waals surface area (Å²) in [7, 11) is 3.19. The van der Waals surface area contributed by atoms with Crippen LogP contribution in [0.4, 0.5) is 4.39 Å². The van der Waals surface area contributed by atoms with Crippen molar-refractivity contribution >= 4 is 5.97 Å². The van der Waals surface area contributed by atoms with Crippen molar-refractivity contribution < 1.29 is 23.8 Å². The van der Waals surface area contributed by atoms with E-state index in [0.717, 1.165) is 42.6 Å². The van der Waals surface area contributed by atoms with Crippen LogP contribution in [0, 0.1) is 11.7 Å². The Balaban J connectivity index is 0.000000176. The highest BCUT2D eigenvalue weighted by Crippen LogP contribution is 2.44. The number of halogens is 1. The third kappa shape index (κ3) is 6.68. The molecule has 0 amide bonds. The zero-order chi connectivity index (χ0) is 22.2. The lowest BCUT2D eigenvalue weighted by Crippen LogP contribution is -2.08. The van der Waals surface area contributed by atoms with Crippen molar-refractivity contribution in [2.24, 2.45) is 5.92 Å². The van der Waals surface area contributed by atoms with E-state index < -0.39 is 5.97 Å². The highest BCUT2D eigenvalue weighted by atomic mass is 19.1. The Morgan fingerprint density at radius 3 is 2.45 bits per heavy atom. The van der Waals surface area contributed by atoms with Crippen LogP contribution >= 0.6 is 0 Å². The van der Waals surface area contributed by atoms with Crippen LogP contribution in [0.3, 0.4) is 0 Å². The standard InChI is InChI=1S/C13H17FO.C12H15NO3/c1-15-11-7-8-13(14)12(9-11)10-5-3-2-4-6-10;1-16-11-6-9(4-5-13-11)10(7-12(14)15)8-2-3-8/h7-10H,2-6H2,1H3;4-6,8,10H,2-3,7H2,1H3,(H,14,15). The van der Waals surface area contributed by atoms with Crippen molar-refractivity contribution in [1.82, 2.24) is 4.98 Å². The number of hydrogen-bond acceptors (Lipinski definition) is 4. The van der Waals surface area contributed by atoms with E-state index in [9.17, 15) is 9.18 Å². The van der Waals surface area contributed by atoms with Crippen LogP contribution in [-0.4, -0.2) is 30.3 Å². The Labute approximate surface area is 183 Å². The minimum Gasteiger partial charge on any atom is -0.497 e. The van der Waals surface area contributed by atoms with Gasteiger partial charge < -0.3 is 14.6 Å². The van der Waals surface area contributed by atoms with Crippen LogP contribution < -0.4 is 9.47 Å². The number of pyridine rings is 1. The maximum atomic E-state index is 13.6. The molecule has 2 aromatic rings. The van der Waals surface area contributed by atoms with E-state index in [2.05, 4.69) is 4.98 Å². The lowest BCUT2D eigenvalue weighted by Gasteiger charge is -2.22. The maximum Gasteiger partial charge on any atom is 0.303 e. The Bertz CT molecular complexity index is 862. The topological polar surface area (TPSA) is 68.7 Å². The number of carbonyl (C=O) groups is 1. The van der Waals surface area contributed by atoms with Gasteiger partial charge in [-0.25, -0.2) is 9.37 Å². The fourth-order valence-electron chi connectivity index (χ4n) is 4.39. The number of carboxylic acids is 1. The molecule has 2 aliphatic carbocycles. The molecule has 1 aromatic heterocycles. The molecule has 1 unspecified atom stereocenters. The first-order valence-corrected chi connectivity index (χ1v) is 11.1. The summed E-state index contributed by atoms with van der Waals surface area (Å²) in [4.78, 5) is 14.9. The second-order valence-electron chi connectivity index (χ2n) is 8.40. The summed E-state index contributed by atoms with van der Waals surface area (Å²) in [5.41, 5.74) is 1.87. The van der Waals surface area contributed by atoms with Crippen molar-refractivity contribution in [3.8, 4) is 11.6 Å². The summed E-state index contributed by atoms with van der Waals surface area (Å²) >= 11 is 0. The number of aliphatic carboxylic acids is 1. The van der Waals surface area contributed by atoms with E-state index in [0.29, 0.717) is 17.7 Å². The van der Waals surface area contributed by atoms with Gasteiger partial charge in [-0.2, -0.15) is 0 Å². The second-order valence-corrected chi connectivity index (χ2v) is 8.40. The molecule has 31 heavy (non-hydrogen) atoms. The van der Waals surface area contributed by atoms with Crippen molar-refractivity contribution in [1.29, 1.82) is 0 Å². The lowest BCUT2D eigenvalue weighted by atomic mass is 9.84. The molecular formula is C25H32FNO4. The number of nitrogens with zero attached hydrogens (tertiary/aromatic N) is 1. The molecule has 5 nitrogen and oxygen atoms in total. The normalized spacial score (nSPS) is 17.3. The zero-order valence-electron chi connectivity index (χ0n) is 18.4. The van der Waals surface area contributed by atoms with Gasteiger partial charge in [0.2, 0.25) is 5.88 Å². The zero-order valence-corrected chi connectivity index (χ0v) is 18.4. The average Bonchev–Trinajstić information content (AvgIpc) is 3.64. The Kier molecular flexibility index (Phi) is 8.27. The Morgan fingerprint density at radius 1 is 1.10 bits per heavy atom. The summed E-state index contributed by atoms with van der Waals surface area (Å²) in [6.45, 7) is 0. The molecule has 1 N–H and O–H groups in total. The minimum absolute atomic E-state index is 0.0808. The quantitative estimate of drug-likeness (QED) is 0.590. The number of ether oxygens (including phenoxy) is 2. The molecule has 0 aliphatic heterocycles. The van der Waals surface area contributed by atoms with Crippen molar-refractivity contribution in [3.63, 3.8) is 0 Å². The number of aromatic nitrogens is 1. The predicted octanol–water partition coefficient (Wildman–Crippen LogP) is 5.94. The maximum absolute atomic E-state index is 13.6.